The van der Waals surface area contributed by atoms with E-state index in [-0.39, 0.29) is 12.1 Å². The first-order valence-electron chi connectivity index (χ1n) is 7.12. The van der Waals surface area contributed by atoms with Gasteiger partial charge in [-0.2, -0.15) is 0 Å². The predicted octanol–water partition coefficient (Wildman–Crippen LogP) is 3.49. The highest BCUT2D eigenvalue weighted by molar-refractivity contribution is 5.12. The Morgan fingerprint density at radius 1 is 1.28 bits per heavy atom. The van der Waals surface area contributed by atoms with Crippen LogP contribution in [-0.4, -0.2) is 24.5 Å². The minimum Gasteiger partial charge on any atom is -0.465 e. The molecule has 3 nitrogen and oxygen atoms in total. The van der Waals surface area contributed by atoms with Gasteiger partial charge in [-0.15, -0.1) is 0 Å². The summed E-state index contributed by atoms with van der Waals surface area (Å²) < 4.78 is 5.77. The van der Waals surface area contributed by atoms with Crippen molar-refractivity contribution in [3.63, 3.8) is 0 Å². The summed E-state index contributed by atoms with van der Waals surface area (Å²) in [7, 11) is 2.15. The lowest BCUT2D eigenvalue weighted by atomic mass is 10.0. The summed E-state index contributed by atoms with van der Waals surface area (Å²) in [6.45, 7) is 7.42. The highest BCUT2D eigenvalue weighted by Gasteiger charge is 2.25. The van der Waals surface area contributed by atoms with Crippen molar-refractivity contribution >= 4 is 0 Å². The zero-order valence-electron chi connectivity index (χ0n) is 12.3. The molecule has 1 rings (SSSR count). The van der Waals surface area contributed by atoms with Gasteiger partial charge in [-0.3, -0.25) is 4.90 Å². The van der Waals surface area contributed by atoms with Crippen molar-refractivity contribution < 1.29 is 4.42 Å². The summed E-state index contributed by atoms with van der Waals surface area (Å²) in [4.78, 5) is 2.34. The number of unbranched alkanes of at least 4 members (excludes halogenated alkanes) is 2. The van der Waals surface area contributed by atoms with E-state index in [9.17, 15) is 0 Å². The Balaban J connectivity index is 2.72. The molecule has 0 bridgehead atoms. The van der Waals surface area contributed by atoms with Gasteiger partial charge in [0, 0.05) is 6.04 Å². The molecule has 0 spiro atoms. The molecule has 1 aromatic heterocycles. The number of nitrogens with zero attached hydrogens (tertiary/aromatic N) is 1. The quantitative estimate of drug-likeness (QED) is 0.720. The molecule has 0 aromatic carbocycles. The van der Waals surface area contributed by atoms with Crippen LogP contribution in [0.25, 0.3) is 0 Å². The number of furan rings is 1. The minimum atomic E-state index is 0.127. The Morgan fingerprint density at radius 3 is 2.50 bits per heavy atom. The monoisotopic (exact) mass is 252 g/mol. The van der Waals surface area contributed by atoms with E-state index in [4.69, 9.17) is 10.2 Å². The van der Waals surface area contributed by atoms with E-state index in [1.807, 2.05) is 13.0 Å². The molecule has 104 valence electrons. The Bertz CT molecular complexity index is 335. The van der Waals surface area contributed by atoms with Crippen LogP contribution in [0.3, 0.4) is 0 Å². The van der Waals surface area contributed by atoms with Crippen LogP contribution >= 0.6 is 0 Å². The summed E-state index contributed by atoms with van der Waals surface area (Å²) in [5.41, 5.74) is 6.26. The SMILES string of the molecule is CCCCCN(C)C(c1ccc(C)o1)C(N)CC. The summed E-state index contributed by atoms with van der Waals surface area (Å²) in [5, 5.41) is 0. The molecule has 0 aliphatic rings. The van der Waals surface area contributed by atoms with Crippen molar-refractivity contribution in [2.45, 2.75) is 58.5 Å². The molecule has 2 N–H and O–H groups in total. The van der Waals surface area contributed by atoms with E-state index in [0.29, 0.717) is 0 Å². The maximum atomic E-state index is 6.26. The van der Waals surface area contributed by atoms with Gasteiger partial charge >= 0.3 is 0 Å². The van der Waals surface area contributed by atoms with Crippen LogP contribution in [0.1, 0.15) is 57.1 Å². The standard InChI is InChI=1S/C15H28N2O/c1-5-7-8-11-17(4)15(13(16)6-2)14-10-9-12(3)18-14/h9-10,13,15H,5-8,11,16H2,1-4H3. The second kappa shape index (κ2) is 7.59. The fraction of sp³-hybridized carbons (Fsp3) is 0.733. The number of likely N-dealkylation sites (N-methyl/N-ethyl adjacent to an activating group) is 1. The van der Waals surface area contributed by atoms with Gasteiger partial charge in [0.05, 0.1) is 6.04 Å². The number of hydrogen-bond acceptors (Lipinski definition) is 3. The third-order valence-electron chi connectivity index (χ3n) is 3.52. The normalized spacial score (nSPS) is 15.0. The molecule has 1 heterocycles. The predicted molar refractivity (Wildman–Crippen MR) is 76.6 cm³/mol. The van der Waals surface area contributed by atoms with Crippen LogP contribution in [0.5, 0.6) is 0 Å². The van der Waals surface area contributed by atoms with E-state index in [1.54, 1.807) is 0 Å². The first-order valence-corrected chi connectivity index (χ1v) is 7.12. The molecule has 0 aliphatic heterocycles. The summed E-state index contributed by atoms with van der Waals surface area (Å²) in [6, 6.07) is 4.40. The second-order valence-corrected chi connectivity index (χ2v) is 5.15. The van der Waals surface area contributed by atoms with E-state index in [1.165, 1.54) is 19.3 Å². The molecular weight excluding hydrogens is 224 g/mol. The van der Waals surface area contributed by atoms with Gasteiger partial charge in [-0.1, -0.05) is 26.7 Å². The molecule has 2 unspecified atom stereocenters. The van der Waals surface area contributed by atoms with E-state index >= 15 is 0 Å². The zero-order chi connectivity index (χ0) is 13.5. The van der Waals surface area contributed by atoms with Crippen LogP contribution in [-0.2, 0) is 0 Å². The van der Waals surface area contributed by atoms with Gasteiger partial charge in [-0.05, 0) is 45.5 Å². The maximum Gasteiger partial charge on any atom is 0.122 e. The second-order valence-electron chi connectivity index (χ2n) is 5.15. The fourth-order valence-corrected chi connectivity index (χ4v) is 2.34. The summed E-state index contributed by atoms with van der Waals surface area (Å²) >= 11 is 0. The number of nitrogens with two attached hydrogens (primary N) is 1. The molecule has 18 heavy (non-hydrogen) atoms. The van der Waals surface area contributed by atoms with Gasteiger partial charge in [0.1, 0.15) is 11.5 Å². The van der Waals surface area contributed by atoms with Crippen LogP contribution in [0.15, 0.2) is 16.5 Å². The van der Waals surface area contributed by atoms with Crippen LogP contribution in [0.2, 0.25) is 0 Å². The maximum absolute atomic E-state index is 6.26. The lowest BCUT2D eigenvalue weighted by molar-refractivity contribution is 0.178. The van der Waals surface area contributed by atoms with Gasteiger partial charge < -0.3 is 10.2 Å². The van der Waals surface area contributed by atoms with Gasteiger partial charge in [0.25, 0.3) is 0 Å². The smallest absolute Gasteiger partial charge is 0.122 e. The zero-order valence-corrected chi connectivity index (χ0v) is 12.3. The third-order valence-corrected chi connectivity index (χ3v) is 3.52. The molecule has 0 aliphatic carbocycles. The molecule has 0 saturated heterocycles. The fourth-order valence-electron chi connectivity index (χ4n) is 2.34. The van der Waals surface area contributed by atoms with Crippen LogP contribution in [0.4, 0.5) is 0 Å². The van der Waals surface area contributed by atoms with E-state index in [2.05, 4.69) is 31.9 Å². The molecule has 0 saturated carbocycles. The topological polar surface area (TPSA) is 42.4 Å². The van der Waals surface area contributed by atoms with E-state index in [0.717, 1.165) is 24.5 Å². The summed E-state index contributed by atoms with van der Waals surface area (Å²) in [5.74, 6) is 1.96. The highest BCUT2D eigenvalue weighted by Crippen LogP contribution is 2.26. The Kier molecular flexibility index (Phi) is 6.44. The molecule has 3 heteroatoms. The molecule has 0 radical (unpaired) electrons. The van der Waals surface area contributed by atoms with Crippen molar-refractivity contribution in [1.82, 2.24) is 4.90 Å². The van der Waals surface area contributed by atoms with Gasteiger partial charge in [0.2, 0.25) is 0 Å². The average molecular weight is 252 g/mol. The van der Waals surface area contributed by atoms with Crippen molar-refractivity contribution in [3.8, 4) is 0 Å². The minimum absolute atomic E-state index is 0.127. The first-order chi connectivity index (χ1) is 8.60. The molecular formula is C15H28N2O. The Labute approximate surface area is 111 Å². The lowest BCUT2D eigenvalue weighted by Crippen LogP contribution is -2.39. The Morgan fingerprint density at radius 2 is 2.00 bits per heavy atom. The molecule has 0 amide bonds. The van der Waals surface area contributed by atoms with Gasteiger partial charge in [-0.25, -0.2) is 0 Å². The molecule has 2 atom stereocenters. The van der Waals surface area contributed by atoms with Crippen molar-refractivity contribution in [2.24, 2.45) is 5.73 Å². The van der Waals surface area contributed by atoms with Crippen molar-refractivity contribution in [1.29, 1.82) is 0 Å². The highest BCUT2D eigenvalue weighted by atomic mass is 16.3. The number of aryl methyl sites for hydroxylation is 1. The molecule has 0 fully saturated rings. The lowest BCUT2D eigenvalue weighted by Gasteiger charge is -2.30. The van der Waals surface area contributed by atoms with Crippen molar-refractivity contribution in [2.75, 3.05) is 13.6 Å². The number of hydrogen-bond donors (Lipinski definition) is 1. The van der Waals surface area contributed by atoms with Crippen LogP contribution < -0.4 is 5.73 Å². The van der Waals surface area contributed by atoms with Crippen LogP contribution in [0, 0.1) is 6.92 Å². The Hall–Kier alpha value is -0.800. The van der Waals surface area contributed by atoms with Gasteiger partial charge in [0.15, 0.2) is 0 Å². The third kappa shape index (κ3) is 4.14. The average Bonchev–Trinajstić information content (AvgIpc) is 2.76. The summed E-state index contributed by atoms with van der Waals surface area (Å²) in [6.07, 6.45) is 4.70. The molecule has 1 aromatic rings. The first kappa shape index (κ1) is 15.3. The number of rotatable bonds is 8. The largest absolute Gasteiger partial charge is 0.465 e. The van der Waals surface area contributed by atoms with Crippen molar-refractivity contribution in [3.05, 3.63) is 23.7 Å². The van der Waals surface area contributed by atoms with E-state index < -0.39 is 0 Å².